The van der Waals surface area contributed by atoms with Crippen molar-refractivity contribution in [2.45, 2.75) is 64.2 Å². The third-order valence-electron chi connectivity index (χ3n) is 4.32. The fraction of sp³-hybridized carbons (Fsp3) is 0.929. The Balaban J connectivity index is 0.00000180. The van der Waals surface area contributed by atoms with Gasteiger partial charge in [0, 0.05) is 19.0 Å². The fourth-order valence-electron chi connectivity index (χ4n) is 3.19. The molecule has 4 atom stereocenters. The van der Waals surface area contributed by atoms with E-state index in [1.165, 1.54) is 0 Å². The Labute approximate surface area is 122 Å². The number of carbonyl (C=O) groups is 1. The van der Waals surface area contributed by atoms with E-state index in [0.29, 0.717) is 37.1 Å². The highest BCUT2D eigenvalue weighted by Gasteiger charge is 2.32. The monoisotopic (exact) mass is 290 g/mol. The Kier molecular flexibility index (Phi) is 6.57. The van der Waals surface area contributed by atoms with Gasteiger partial charge in [-0.15, -0.1) is 12.4 Å². The van der Waals surface area contributed by atoms with Gasteiger partial charge in [-0.3, -0.25) is 4.79 Å². The number of nitrogens with two attached hydrogens (primary N) is 1. The first-order valence-electron chi connectivity index (χ1n) is 7.25. The zero-order chi connectivity index (χ0) is 13.1. The van der Waals surface area contributed by atoms with Gasteiger partial charge in [-0.25, -0.2) is 0 Å². The summed E-state index contributed by atoms with van der Waals surface area (Å²) in [6.07, 6.45) is 5.46. The predicted molar refractivity (Wildman–Crippen MR) is 78.4 cm³/mol. The first-order valence-corrected chi connectivity index (χ1v) is 7.25. The van der Waals surface area contributed by atoms with Crippen LogP contribution in [0.4, 0.5) is 0 Å². The van der Waals surface area contributed by atoms with E-state index in [4.69, 9.17) is 10.5 Å². The van der Waals surface area contributed by atoms with Crippen molar-refractivity contribution in [3.05, 3.63) is 0 Å². The molecule has 2 heterocycles. The molecule has 0 saturated carbocycles. The summed E-state index contributed by atoms with van der Waals surface area (Å²) in [5.41, 5.74) is 5.69. The number of nitrogens with zero attached hydrogens (tertiary/aromatic N) is 1. The molecule has 0 aliphatic carbocycles. The van der Waals surface area contributed by atoms with Crippen LogP contribution in [0.1, 0.15) is 46.0 Å². The number of amides is 1. The number of hydrogen-bond donors (Lipinski definition) is 1. The summed E-state index contributed by atoms with van der Waals surface area (Å²) in [4.78, 5) is 14.2. The average molecular weight is 291 g/mol. The van der Waals surface area contributed by atoms with Crippen LogP contribution >= 0.6 is 12.4 Å². The molecule has 2 rings (SSSR count). The van der Waals surface area contributed by atoms with Crippen molar-refractivity contribution in [1.82, 2.24) is 4.90 Å². The molecule has 0 bridgehead atoms. The lowest BCUT2D eigenvalue weighted by Gasteiger charge is -2.22. The molecule has 0 radical (unpaired) electrons. The van der Waals surface area contributed by atoms with Gasteiger partial charge < -0.3 is 15.4 Å². The lowest BCUT2D eigenvalue weighted by atomic mass is 10.1. The van der Waals surface area contributed by atoms with Crippen molar-refractivity contribution in [3.63, 3.8) is 0 Å². The highest BCUT2D eigenvalue weighted by molar-refractivity contribution is 5.85. The van der Waals surface area contributed by atoms with Gasteiger partial charge in [0.25, 0.3) is 0 Å². The molecule has 2 aliphatic rings. The van der Waals surface area contributed by atoms with Crippen molar-refractivity contribution < 1.29 is 9.53 Å². The molecule has 0 spiro atoms. The highest BCUT2D eigenvalue weighted by atomic mass is 35.5. The van der Waals surface area contributed by atoms with Gasteiger partial charge in [-0.05, 0) is 52.0 Å². The van der Waals surface area contributed by atoms with E-state index in [0.717, 1.165) is 32.2 Å². The van der Waals surface area contributed by atoms with Crippen LogP contribution < -0.4 is 5.73 Å². The van der Waals surface area contributed by atoms with Crippen molar-refractivity contribution >= 4 is 18.3 Å². The van der Waals surface area contributed by atoms with Crippen molar-refractivity contribution in [2.75, 3.05) is 13.1 Å². The highest BCUT2D eigenvalue weighted by Crippen LogP contribution is 2.26. The van der Waals surface area contributed by atoms with E-state index in [1.807, 2.05) is 4.90 Å². The average Bonchev–Trinajstić information content (AvgIpc) is 2.92. The molecule has 1 amide bonds. The topological polar surface area (TPSA) is 55.6 Å². The molecular formula is C14H27ClN2O2. The first-order chi connectivity index (χ1) is 8.60. The molecule has 4 nitrogen and oxygen atoms in total. The molecule has 0 aromatic rings. The predicted octanol–water partition coefficient (Wildman–Crippen LogP) is 1.95. The quantitative estimate of drug-likeness (QED) is 0.861. The second kappa shape index (κ2) is 7.46. The molecule has 19 heavy (non-hydrogen) atoms. The minimum absolute atomic E-state index is 0. The summed E-state index contributed by atoms with van der Waals surface area (Å²) in [5, 5.41) is 0. The van der Waals surface area contributed by atoms with Crippen LogP contribution in [-0.4, -0.2) is 42.1 Å². The van der Waals surface area contributed by atoms with Crippen LogP contribution in [0.25, 0.3) is 0 Å². The van der Waals surface area contributed by atoms with E-state index in [-0.39, 0.29) is 18.3 Å². The van der Waals surface area contributed by atoms with Crippen LogP contribution in [-0.2, 0) is 9.53 Å². The molecule has 112 valence electrons. The Morgan fingerprint density at radius 2 is 2.11 bits per heavy atom. The standard InChI is InChI=1S/C14H26N2O2.ClH/c1-10-7-12(8-15)9-16(10)14(17)6-5-13-4-3-11(2)18-13;/h10-13H,3-9,15H2,1-2H3;1H. The Morgan fingerprint density at radius 1 is 1.37 bits per heavy atom. The summed E-state index contributed by atoms with van der Waals surface area (Å²) < 4.78 is 5.75. The summed E-state index contributed by atoms with van der Waals surface area (Å²) >= 11 is 0. The maximum absolute atomic E-state index is 12.2. The SMILES string of the molecule is CC1CCC(CCC(=O)N2CC(CN)CC2C)O1.Cl. The molecule has 4 unspecified atom stereocenters. The van der Waals surface area contributed by atoms with E-state index < -0.39 is 0 Å². The van der Waals surface area contributed by atoms with Crippen LogP contribution in [0.3, 0.4) is 0 Å². The zero-order valence-corrected chi connectivity index (χ0v) is 12.8. The second-order valence-corrected chi connectivity index (χ2v) is 5.92. The molecule has 2 saturated heterocycles. The van der Waals surface area contributed by atoms with Crippen LogP contribution in [0.5, 0.6) is 0 Å². The summed E-state index contributed by atoms with van der Waals surface area (Å²) in [6.45, 7) is 5.77. The van der Waals surface area contributed by atoms with Gasteiger partial charge in [0.05, 0.1) is 12.2 Å². The molecular weight excluding hydrogens is 264 g/mol. The third-order valence-corrected chi connectivity index (χ3v) is 4.32. The van der Waals surface area contributed by atoms with E-state index in [1.54, 1.807) is 0 Å². The summed E-state index contributed by atoms with van der Waals surface area (Å²) in [6, 6.07) is 0.356. The molecule has 2 aliphatic heterocycles. The molecule has 0 aromatic carbocycles. The molecule has 2 N–H and O–H groups in total. The first kappa shape index (κ1) is 16.7. The maximum Gasteiger partial charge on any atom is 0.222 e. The van der Waals surface area contributed by atoms with Gasteiger partial charge in [0.1, 0.15) is 0 Å². The summed E-state index contributed by atoms with van der Waals surface area (Å²) in [5.74, 6) is 0.772. The number of carbonyl (C=O) groups excluding carboxylic acids is 1. The Morgan fingerprint density at radius 3 is 2.63 bits per heavy atom. The van der Waals surface area contributed by atoms with E-state index >= 15 is 0 Å². The lowest BCUT2D eigenvalue weighted by Crippen LogP contribution is -2.34. The number of rotatable bonds is 4. The number of hydrogen-bond acceptors (Lipinski definition) is 3. The van der Waals surface area contributed by atoms with Crippen LogP contribution in [0, 0.1) is 5.92 Å². The Hall–Kier alpha value is -0.320. The fourth-order valence-corrected chi connectivity index (χ4v) is 3.19. The van der Waals surface area contributed by atoms with E-state index in [9.17, 15) is 4.79 Å². The molecule has 2 fully saturated rings. The lowest BCUT2D eigenvalue weighted by molar-refractivity contribution is -0.132. The van der Waals surface area contributed by atoms with Crippen molar-refractivity contribution in [3.8, 4) is 0 Å². The van der Waals surface area contributed by atoms with Gasteiger partial charge in [-0.2, -0.15) is 0 Å². The normalized spacial score (nSPS) is 34.4. The van der Waals surface area contributed by atoms with Crippen molar-refractivity contribution in [1.29, 1.82) is 0 Å². The third kappa shape index (κ3) is 4.33. The zero-order valence-electron chi connectivity index (χ0n) is 12.0. The second-order valence-electron chi connectivity index (χ2n) is 5.92. The van der Waals surface area contributed by atoms with Crippen LogP contribution in [0.15, 0.2) is 0 Å². The van der Waals surface area contributed by atoms with Crippen molar-refractivity contribution in [2.24, 2.45) is 11.7 Å². The molecule has 0 aromatic heterocycles. The van der Waals surface area contributed by atoms with Gasteiger partial charge >= 0.3 is 0 Å². The van der Waals surface area contributed by atoms with Gasteiger partial charge in [0.2, 0.25) is 5.91 Å². The number of halogens is 1. The smallest absolute Gasteiger partial charge is 0.222 e. The minimum Gasteiger partial charge on any atom is -0.375 e. The maximum atomic E-state index is 12.2. The van der Waals surface area contributed by atoms with Crippen LogP contribution in [0.2, 0.25) is 0 Å². The number of likely N-dealkylation sites (tertiary alicyclic amines) is 1. The van der Waals surface area contributed by atoms with E-state index in [2.05, 4.69) is 13.8 Å². The van der Waals surface area contributed by atoms with Gasteiger partial charge in [-0.1, -0.05) is 0 Å². The molecule has 5 heteroatoms. The summed E-state index contributed by atoms with van der Waals surface area (Å²) in [7, 11) is 0. The van der Waals surface area contributed by atoms with Gasteiger partial charge in [0.15, 0.2) is 0 Å². The minimum atomic E-state index is 0. The number of ether oxygens (including phenoxy) is 1. The largest absolute Gasteiger partial charge is 0.375 e. The Bertz CT molecular complexity index is 301.